The third-order valence-corrected chi connectivity index (χ3v) is 2.96. The second kappa shape index (κ2) is 6.40. The third kappa shape index (κ3) is 3.47. The van der Waals surface area contributed by atoms with E-state index in [1.54, 1.807) is 4.90 Å². The second-order valence-electron chi connectivity index (χ2n) is 4.60. The van der Waals surface area contributed by atoms with Crippen LogP contribution in [0.2, 0.25) is 0 Å². The lowest BCUT2D eigenvalue weighted by Crippen LogP contribution is -2.35. The molecule has 100 valence electrons. The number of amides is 1. The van der Waals surface area contributed by atoms with Crippen molar-refractivity contribution in [3.8, 4) is 0 Å². The number of likely N-dealkylation sites (N-methyl/N-ethyl adjacent to an activating group) is 2. The normalized spacial score (nSPS) is 10.3. The van der Waals surface area contributed by atoms with Gasteiger partial charge in [0.2, 0.25) is 5.91 Å². The quantitative estimate of drug-likeness (QED) is 0.861. The Labute approximate surface area is 110 Å². The number of anilines is 2. The van der Waals surface area contributed by atoms with Gasteiger partial charge >= 0.3 is 0 Å². The number of nitrogens with zero attached hydrogens (tertiary/aromatic N) is 2. The number of nitrogens with one attached hydrogen (secondary N) is 1. The lowest BCUT2D eigenvalue weighted by atomic mass is 10.1. The molecule has 0 spiro atoms. The topological polar surface area (TPSA) is 35.6 Å². The second-order valence-corrected chi connectivity index (χ2v) is 4.60. The molecule has 0 bridgehead atoms. The first kappa shape index (κ1) is 14.5. The predicted octanol–water partition coefficient (Wildman–Crippen LogP) is 1.63. The molecule has 1 N–H and O–H groups in total. The van der Waals surface area contributed by atoms with Gasteiger partial charge in [-0.05, 0) is 31.2 Å². The summed E-state index contributed by atoms with van der Waals surface area (Å²) in [5, 5.41) is 3.05. The average Bonchev–Trinajstić information content (AvgIpc) is 2.35. The first-order valence-electron chi connectivity index (χ1n) is 6.22. The van der Waals surface area contributed by atoms with Crippen molar-refractivity contribution >= 4 is 17.3 Å². The van der Waals surface area contributed by atoms with Crippen LogP contribution in [-0.2, 0) is 4.79 Å². The first-order valence-corrected chi connectivity index (χ1v) is 6.22. The van der Waals surface area contributed by atoms with E-state index in [1.165, 1.54) is 5.56 Å². The predicted molar refractivity (Wildman–Crippen MR) is 77.5 cm³/mol. The molecule has 0 fully saturated rings. The first-order chi connectivity index (χ1) is 8.47. The van der Waals surface area contributed by atoms with Gasteiger partial charge in [-0.3, -0.25) is 4.79 Å². The zero-order valence-corrected chi connectivity index (χ0v) is 11.9. The van der Waals surface area contributed by atoms with Gasteiger partial charge in [-0.2, -0.15) is 0 Å². The van der Waals surface area contributed by atoms with Gasteiger partial charge in [0, 0.05) is 32.5 Å². The molecule has 0 heterocycles. The van der Waals surface area contributed by atoms with Crippen LogP contribution in [0, 0.1) is 6.92 Å². The van der Waals surface area contributed by atoms with Gasteiger partial charge in [0.1, 0.15) is 0 Å². The van der Waals surface area contributed by atoms with E-state index in [9.17, 15) is 4.79 Å². The summed E-state index contributed by atoms with van der Waals surface area (Å²) in [6.45, 7) is 5.23. The van der Waals surface area contributed by atoms with Crippen molar-refractivity contribution in [2.45, 2.75) is 13.8 Å². The molecule has 18 heavy (non-hydrogen) atoms. The monoisotopic (exact) mass is 249 g/mol. The van der Waals surface area contributed by atoms with Crippen LogP contribution in [0.15, 0.2) is 18.2 Å². The molecule has 0 aliphatic heterocycles. The summed E-state index contributed by atoms with van der Waals surface area (Å²) in [5.41, 5.74) is 3.26. The van der Waals surface area contributed by atoms with Crippen LogP contribution in [0.5, 0.6) is 0 Å². The molecule has 0 aliphatic carbocycles. The highest BCUT2D eigenvalue weighted by atomic mass is 16.2. The van der Waals surface area contributed by atoms with E-state index in [0.717, 1.165) is 17.9 Å². The van der Waals surface area contributed by atoms with Gasteiger partial charge in [-0.1, -0.05) is 13.0 Å². The Balaban J connectivity index is 2.89. The van der Waals surface area contributed by atoms with Crippen molar-refractivity contribution in [1.29, 1.82) is 0 Å². The molecule has 1 aromatic carbocycles. The van der Waals surface area contributed by atoms with Crippen molar-refractivity contribution in [3.05, 3.63) is 23.8 Å². The van der Waals surface area contributed by atoms with E-state index in [0.29, 0.717) is 6.54 Å². The van der Waals surface area contributed by atoms with Gasteiger partial charge in [0.25, 0.3) is 0 Å². The smallest absolute Gasteiger partial charge is 0.240 e. The molecular formula is C14H23N3O. The molecule has 0 unspecified atom stereocenters. The van der Waals surface area contributed by atoms with Gasteiger partial charge in [-0.25, -0.2) is 0 Å². The minimum absolute atomic E-state index is 0.0745. The van der Waals surface area contributed by atoms with Crippen LogP contribution in [0.1, 0.15) is 12.5 Å². The van der Waals surface area contributed by atoms with Crippen molar-refractivity contribution < 1.29 is 4.79 Å². The SMILES string of the molecule is CCNCC(=O)N(C)c1ccc(C)c(N(C)C)c1. The number of aryl methyl sites for hydroxylation is 1. The molecule has 1 rings (SSSR count). The highest BCUT2D eigenvalue weighted by Crippen LogP contribution is 2.24. The molecule has 0 saturated heterocycles. The van der Waals surface area contributed by atoms with Gasteiger partial charge in [-0.15, -0.1) is 0 Å². The maximum Gasteiger partial charge on any atom is 0.240 e. The highest BCUT2D eigenvalue weighted by Gasteiger charge is 2.12. The molecular weight excluding hydrogens is 226 g/mol. The maximum absolute atomic E-state index is 11.9. The van der Waals surface area contributed by atoms with E-state index in [1.807, 2.05) is 46.3 Å². The van der Waals surface area contributed by atoms with Crippen molar-refractivity contribution in [1.82, 2.24) is 5.32 Å². The van der Waals surface area contributed by atoms with E-state index >= 15 is 0 Å². The number of rotatable bonds is 5. The maximum atomic E-state index is 11.9. The zero-order chi connectivity index (χ0) is 13.7. The van der Waals surface area contributed by atoms with E-state index in [2.05, 4.69) is 17.1 Å². The minimum Gasteiger partial charge on any atom is -0.377 e. The molecule has 0 saturated carbocycles. The molecule has 0 radical (unpaired) electrons. The Bertz CT molecular complexity index is 416. The Morgan fingerprint density at radius 3 is 2.50 bits per heavy atom. The van der Waals surface area contributed by atoms with Gasteiger partial charge in [0.05, 0.1) is 6.54 Å². The Morgan fingerprint density at radius 2 is 1.94 bits per heavy atom. The summed E-state index contributed by atoms with van der Waals surface area (Å²) in [6.07, 6.45) is 0. The minimum atomic E-state index is 0.0745. The number of carbonyl (C=O) groups is 1. The number of hydrogen-bond donors (Lipinski definition) is 1. The standard InChI is InChI=1S/C14H23N3O/c1-6-15-10-14(18)17(5)12-8-7-11(2)13(9-12)16(3)4/h7-9,15H,6,10H2,1-5H3. The van der Waals surface area contributed by atoms with E-state index in [-0.39, 0.29) is 5.91 Å². The van der Waals surface area contributed by atoms with Crippen LogP contribution in [0.3, 0.4) is 0 Å². The lowest BCUT2D eigenvalue weighted by Gasteiger charge is -2.22. The molecule has 0 atom stereocenters. The Morgan fingerprint density at radius 1 is 1.28 bits per heavy atom. The van der Waals surface area contributed by atoms with Crippen molar-refractivity contribution in [3.63, 3.8) is 0 Å². The Kier molecular flexibility index (Phi) is 5.16. The molecule has 0 aliphatic rings. The van der Waals surface area contributed by atoms with E-state index in [4.69, 9.17) is 0 Å². The number of benzene rings is 1. The number of hydrogen-bond acceptors (Lipinski definition) is 3. The molecule has 4 nitrogen and oxygen atoms in total. The average molecular weight is 249 g/mol. The van der Waals surface area contributed by atoms with E-state index < -0.39 is 0 Å². The molecule has 1 amide bonds. The fourth-order valence-corrected chi connectivity index (χ4v) is 1.78. The van der Waals surface area contributed by atoms with Crippen LogP contribution < -0.4 is 15.1 Å². The number of carbonyl (C=O) groups excluding carboxylic acids is 1. The summed E-state index contributed by atoms with van der Waals surface area (Å²) in [7, 11) is 5.82. The van der Waals surface area contributed by atoms with Crippen molar-refractivity contribution in [2.24, 2.45) is 0 Å². The zero-order valence-electron chi connectivity index (χ0n) is 11.9. The van der Waals surface area contributed by atoms with Crippen molar-refractivity contribution in [2.75, 3.05) is 44.0 Å². The lowest BCUT2D eigenvalue weighted by molar-refractivity contribution is -0.117. The van der Waals surface area contributed by atoms with Crippen LogP contribution in [0.25, 0.3) is 0 Å². The largest absolute Gasteiger partial charge is 0.377 e. The summed E-state index contributed by atoms with van der Waals surface area (Å²) in [5.74, 6) is 0.0745. The van der Waals surface area contributed by atoms with Crippen LogP contribution >= 0.6 is 0 Å². The molecule has 4 heteroatoms. The van der Waals surface area contributed by atoms with Gasteiger partial charge < -0.3 is 15.1 Å². The third-order valence-electron chi connectivity index (χ3n) is 2.96. The summed E-state index contributed by atoms with van der Waals surface area (Å²) in [4.78, 5) is 15.7. The fourth-order valence-electron chi connectivity index (χ4n) is 1.78. The Hall–Kier alpha value is -1.55. The summed E-state index contributed by atoms with van der Waals surface area (Å²) < 4.78 is 0. The molecule has 0 aromatic heterocycles. The molecule has 1 aromatic rings. The van der Waals surface area contributed by atoms with Gasteiger partial charge in [0.15, 0.2) is 0 Å². The summed E-state index contributed by atoms with van der Waals surface area (Å²) in [6, 6.07) is 6.06. The fraction of sp³-hybridized carbons (Fsp3) is 0.500. The summed E-state index contributed by atoms with van der Waals surface area (Å²) >= 11 is 0. The highest BCUT2D eigenvalue weighted by molar-refractivity contribution is 5.94. The van der Waals surface area contributed by atoms with Crippen LogP contribution in [-0.4, -0.2) is 40.1 Å². The van der Waals surface area contributed by atoms with Crippen LogP contribution in [0.4, 0.5) is 11.4 Å².